The number of hydrogen-bond donors (Lipinski definition) is 1. The smallest absolute Gasteiger partial charge is 0.255 e. The fourth-order valence-corrected chi connectivity index (χ4v) is 2.06. The summed E-state index contributed by atoms with van der Waals surface area (Å²) in [4.78, 5) is 18.0. The molecule has 1 N–H and O–H groups in total. The van der Waals surface area contributed by atoms with Crippen molar-refractivity contribution in [2.75, 3.05) is 18.4 Å². The lowest BCUT2D eigenvalue weighted by molar-refractivity contribution is 0.0772. The molecule has 1 heterocycles. The molecule has 4 nitrogen and oxygen atoms in total. The van der Waals surface area contributed by atoms with E-state index in [0.717, 1.165) is 12.1 Å². The van der Waals surface area contributed by atoms with Gasteiger partial charge in [0.1, 0.15) is 0 Å². The quantitative estimate of drug-likeness (QED) is 0.918. The van der Waals surface area contributed by atoms with Gasteiger partial charge in [0.25, 0.3) is 5.91 Å². The van der Waals surface area contributed by atoms with Crippen LogP contribution in [0.5, 0.6) is 0 Å². The molecule has 0 fully saturated rings. The third-order valence-corrected chi connectivity index (χ3v) is 3.24. The molecule has 0 saturated heterocycles. The van der Waals surface area contributed by atoms with Gasteiger partial charge in [-0.1, -0.05) is 0 Å². The zero-order valence-corrected chi connectivity index (χ0v) is 12.4. The van der Waals surface area contributed by atoms with Crippen molar-refractivity contribution in [2.45, 2.75) is 13.8 Å². The maximum Gasteiger partial charge on any atom is 0.255 e. The van der Waals surface area contributed by atoms with Gasteiger partial charge in [0.05, 0.1) is 17.4 Å². The van der Waals surface area contributed by atoms with Crippen molar-refractivity contribution in [1.29, 1.82) is 0 Å². The Morgan fingerprint density at radius 1 is 1.09 bits per heavy atom. The summed E-state index contributed by atoms with van der Waals surface area (Å²) in [6, 6.07) is 5.14. The molecule has 6 heteroatoms. The standard InChI is InChI=1S/C16H17F2N3O/c1-3-21(4-2)16(22)11-7-13(10-19-9-11)20-12-5-6-14(17)15(18)8-12/h5-10,20H,3-4H2,1-2H3. The van der Waals surface area contributed by atoms with Crippen molar-refractivity contribution < 1.29 is 13.6 Å². The Morgan fingerprint density at radius 2 is 1.82 bits per heavy atom. The molecule has 1 amide bonds. The van der Waals surface area contributed by atoms with Crippen molar-refractivity contribution >= 4 is 17.3 Å². The van der Waals surface area contributed by atoms with E-state index in [1.807, 2.05) is 13.8 Å². The number of halogens is 2. The van der Waals surface area contributed by atoms with Gasteiger partial charge in [0.2, 0.25) is 0 Å². The van der Waals surface area contributed by atoms with E-state index in [1.165, 1.54) is 18.5 Å². The second kappa shape index (κ2) is 6.98. The van der Waals surface area contributed by atoms with Crippen LogP contribution in [0.25, 0.3) is 0 Å². The lowest BCUT2D eigenvalue weighted by Crippen LogP contribution is -2.30. The number of carbonyl (C=O) groups excluding carboxylic acids is 1. The minimum atomic E-state index is -0.937. The molecule has 0 aliphatic rings. The summed E-state index contributed by atoms with van der Waals surface area (Å²) in [5.74, 6) is -1.96. The lowest BCUT2D eigenvalue weighted by atomic mass is 10.2. The van der Waals surface area contributed by atoms with Gasteiger partial charge in [0.15, 0.2) is 11.6 Å². The normalized spacial score (nSPS) is 10.4. The van der Waals surface area contributed by atoms with Gasteiger partial charge in [-0.05, 0) is 32.0 Å². The number of pyridine rings is 1. The molecule has 0 unspecified atom stereocenters. The maximum atomic E-state index is 13.2. The minimum absolute atomic E-state index is 0.119. The Morgan fingerprint density at radius 3 is 2.45 bits per heavy atom. The predicted octanol–water partition coefficient (Wildman–Crippen LogP) is 3.59. The van der Waals surface area contributed by atoms with Crippen LogP contribution in [0.15, 0.2) is 36.7 Å². The number of rotatable bonds is 5. The van der Waals surface area contributed by atoms with Crippen LogP contribution in [0.2, 0.25) is 0 Å². The summed E-state index contributed by atoms with van der Waals surface area (Å²) < 4.78 is 26.1. The first-order valence-corrected chi connectivity index (χ1v) is 7.01. The molecule has 0 aliphatic heterocycles. The van der Waals surface area contributed by atoms with E-state index in [4.69, 9.17) is 0 Å². The highest BCUT2D eigenvalue weighted by atomic mass is 19.2. The molecule has 0 aliphatic carbocycles. The largest absolute Gasteiger partial charge is 0.354 e. The van der Waals surface area contributed by atoms with Crippen molar-refractivity contribution in [3.8, 4) is 0 Å². The van der Waals surface area contributed by atoms with Gasteiger partial charge < -0.3 is 10.2 Å². The molecular weight excluding hydrogens is 288 g/mol. The highest BCUT2D eigenvalue weighted by Gasteiger charge is 2.13. The van der Waals surface area contributed by atoms with Crippen molar-refractivity contribution in [3.05, 3.63) is 53.9 Å². The van der Waals surface area contributed by atoms with E-state index < -0.39 is 11.6 Å². The van der Waals surface area contributed by atoms with Crippen molar-refractivity contribution in [1.82, 2.24) is 9.88 Å². The summed E-state index contributed by atoms with van der Waals surface area (Å²) in [5, 5.41) is 2.90. The van der Waals surface area contributed by atoms with Crippen LogP contribution in [0.3, 0.4) is 0 Å². The van der Waals surface area contributed by atoms with E-state index in [0.29, 0.717) is 30.0 Å². The zero-order valence-electron chi connectivity index (χ0n) is 12.4. The second-order valence-corrected chi connectivity index (χ2v) is 4.69. The first-order valence-electron chi connectivity index (χ1n) is 7.01. The molecule has 22 heavy (non-hydrogen) atoms. The van der Waals surface area contributed by atoms with E-state index in [9.17, 15) is 13.6 Å². The monoisotopic (exact) mass is 305 g/mol. The van der Waals surface area contributed by atoms with Crippen LogP contribution in [0.1, 0.15) is 24.2 Å². The second-order valence-electron chi connectivity index (χ2n) is 4.69. The third kappa shape index (κ3) is 3.58. The van der Waals surface area contributed by atoms with Crippen LogP contribution in [0.4, 0.5) is 20.2 Å². The SMILES string of the molecule is CCN(CC)C(=O)c1cncc(Nc2ccc(F)c(F)c2)c1. The van der Waals surface area contributed by atoms with Gasteiger partial charge in [-0.2, -0.15) is 0 Å². The fourth-order valence-electron chi connectivity index (χ4n) is 2.06. The van der Waals surface area contributed by atoms with Crippen LogP contribution >= 0.6 is 0 Å². The molecule has 2 aromatic rings. The third-order valence-electron chi connectivity index (χ3n) is 3.24. The molecule has 1 aromatic carbocycles. The lowest BCUT2D eigenvalue weighted by Gasteiger charge is -2.18. The van der Waals surface area contributed by atoms with Crippen molar-refractivity contribution in [3.63, 3.8) is 0 Å². The summed E-state index contributed by atoms with van der Waals surface area (Å²) in [6.07, 6.45) is 3.00. The van der Waals surface area contributed by atoms with Crippen LogP contribution in [0, 0.1) is 11.6 Å². The van der Waals surface area contributed by atoms with E-state index in [2.05, 4.69) is 10.3 Å². The van der Waals surface area contributed by atoms with Gasteiger partial charge in [-0.15, -0.1) is 0 Å². The summed E-state index contributed by atoms with van der Waals surface area (Å²) in [7, 11) is 0. The highest BCUT2D eigenvalue weighted by Crippen LogP contribution is 2.19. The molecule has 0 saturated carbocycles. The molecule has 2 rings (SSSR count). The van der Waals surface area contributed by atoms with Crippen LogP contribution in [-0.2, 0) is 0 Å². The molecule has 0 spiro atoms. The average Bonchev–Trinajstić information content (AvgIpc) is 2.52. The predicted molar refractivity (Wildman–Crippen MR) is 81.1 cm³/mol. The van der Waals surface area contributed by atoms with Crippen molar-refractivity contribution in [2.24, 2.45) is 0 Å². The average molecular weight is 305 g/mol. The molecule has 0 radical (unpaired) electrons. The van der Waals surface area contributed by atoms with Gasteiger partial charge in [0, 0.05) is 31.0 Å². The Labute approximate surface area is 127 Å². The Balaban J connectivity index is 2.21. The van der Waals surface area contributed by atoms with Gasteiger partial charge in [-0.25, -0.2) is 8.78 Å². The van der Waals surface area contributed by atoms with Crippen LogP contribution < -0.4 is 5.32 Å². The Hall–Kier alpha value is -2.50. The number of nitrogens with zero attached hydrogens (tertiary/aromatic N) is 2. The number of hydrogen-bond acceptors (Lipinski definition) is 3. The van der Waals surface area contributed by atoms with Gasteiger partial charge in [-0.3, -0.25) is 9.78 Å². The molecule has 116 valence electrons. The summed E-state index contributed by atoms with van der Waals surface area (Å²) >= 11 is 0. The number of anilines is 2. The number of amides is 1. The maximum absolute atomic E-state index is 13.2. The fraction of sp³-hybridized carbons (Fsp3) is 0.250. The molecule has 1 aromatic heterocycles. The van der Waals surface area contributed by atoms with Gasteiger partial charge >= 0.3 is 0 Å². The highest BCUT2D eigenvalue weighted by molar-refractivity contribution is 5.94. The number of benzene rings is 1. The van der Waals surface area contributed by atoms with E-state index in [1.54, 1.807) is 11.0 Å². The number of carbonyl (C=O) groups is 1. The summed E-state index contributed by atoms with van der Waals surface area (Å²) in [5.41, 5.74) is 1.36. The Bertz CT molecular complexity index is 672. The van der Waals surface area contributed by atoms with E-state index in [-0.39, 0.29) is 5.91 Å². The van der Waals surface area contributed by atoms with Crippen LogP contribution in [-0.4, -0.2) is 28.9 Å². The number of aromatic nitrogens is 1. The molecule has 0 bridgehead atoms. The zero-order chi connectivity index (χ0) is 16.1. The number of nitrogens with one attached hydrogen (secondary N) is 1. The first-order chi connectivity index (χ1) is 10.5. The first kappa shape index (κ1) is 15.9. The minimum Gasteiger partial charge on any atom is -0.354 e. The molecular formula is C16H17F2N3O. The topological polar surface area (TPSA) is 45.2 Å². The Kier molecular flexibility index (Phi) is 5.04. The van der Waals surface area contributed by atoms with E-state index >= 15 is 0 Å². The summed E-state index contributed by atoms with van der Waals surface area (Å²) in [6.45, 7) is 5.02. The molecule has 0 atom stereocenters.